The highest BCUT2D eigenvalue weighted by molar-refractivity contribution is 6.23. The molecule has 13 heteroatoms. The topological polar surface area (TPSA) is 152 Å². The van der Waals surface area contributed by atoms with E-state index in [9.17, 15) is 19.2 Å². The van der Waals surface area contributed by atoms with E-state index in [2.05, 4.69) is 38.5 Å². The van der Waals surface area contributed by atoms with Crippen LogP contribution in [-0.4, -0.2) is 87.2 Å². The summed E-state index contributed by atoms with van der Waals surface area (Å²) in [6, 6.07) is 10.7. The minimum atomic E-state index is -0.974. The second-order valence-electron chi connectivity index (χ2n) is 13.8. The van der Waals surface area contributed by atoms with Crippen LogP contribution in [0, 0.1) is 5.92 Å². The van der Waals surface area contributed by atoms with Crippen LogP contribution in [0.25, 0.3) is 22.3 Å². The van der Waals surface area contributed by atoms with Crippen molar-refractivity contribution >= 4 is 46.0 Å². The maximum absolute atomic E-state index is 13.2. The van der Waals surface area contributed by atoms with Gasteiger partial charge in [-0.2, -0.15) is 5.10 Å². The van der Waals surface area contributed by atoms with Gasteiger partial charge in [-0.1, -0.05) is 0 Å². The second-order valence-corrected chi connectivity index (χ2v) is 13.8. The lowest BCUT2D eigenvalue weighted by Gasteiger charge is -2.35. The molecule has 2 aliphatic carbocycles. The zero-order valence-corrected chi connectivity index (χ0v) is 26.9. The van der Waals surface area contributed by atoms with Gasteiger partial charge in [0.25, 0.3) is 11.8 Å². The molecule has 2 N–H and O–H groups in total. The third kappa shape index (κ3) is 5.41. The molecule has 1 unspecified atom stereocenters. The number of anilines is 2. The van der Waals surface area contributed by atoms with Crippen LogP contribution in [0.2, 0.25) is 0 Å². The number of benzene rings is 2. The Labute approximate surface area is 282 Å². The van der Waals surface area contributed by atoms with Crippen molar-refractivity contribution in [1.82, 2.24) is 30.0 Å². The molecule has 0 spiro atoms. The van der Waals surface area contributed by atoms with Crippen molar-refractivity contribution in [3.8, 4) is 11.3 Å². The van der Waals surface area contributed by atoms with Gasteiger partial charge in [-0.3, -0.25) is 39.1 Å². The van der Waals surface area contributed by atoms with E-state index in [-0.39, 0.29) is 24.0 Å². The van der Waals surface area contributed by atoms with Crippen molar-refractivity contribution < 1.29 is 23.9 Å². The standard InChI is InChI=1S/C36H36N8O5/c45-32-8-7-31(34(46)40-32)44-35(47)25-5-3-22(15-26(25)36(44)48)37-17-20-13-24(14-20)43-19-27(33(41-43)21-1-2-21)30-18-38-28-6-4-23(16-29(28)39-30)42-9-11-49-12-10-42/h3-6,15-16,18-21,24,31,37H,1-2,7-14,17H2,(H,40,45,46). The summed E-state index contributed by atoms with van der Waals surface area (Å²) < 4.78 is 7.65. The van der Waals surface area contributed by atoms with Gasteiger partial charge in [0.05, 0.1) is 59.0 Å². The van der Waals surface area contributed by atoms with Gasteiger partial charge >= 0.3 is 0 Å². The predicted octanol–water partition coefficient (Wildman–Crippen LogP) is 3.67. The van der Waals surface area contributed by atoms with Crippen LogP contribution in [0.15, 0.2) is 48.8 Å². The molecule has 9 rings (SSSR count). The predicted molar refractivity (Wildman–Crippen MR) is 179 cm³/mol. The van der Waals surface area contributed by atoms with E-state index in [1.165, 1.54) is 0 Å². The SMILES string of the molecule is O=C1CCC(N2C(=O)c3ccc(NCC4CC(n5cc(-c6cnc7ccc(N8CCOCC8)cc7n6)c(C6CC6)n5)C4)cc3C2=O)C(=O)N1. The zero-order chi connectivity index (χ0) is 33.2. The maximum atomic E-state index is 13.2. The Hall–Kier alpha value is -5.17. The van der Waals surface area contributed by atoms with Crippen molar-refractivity contribution in [3.05, 3.63) is 65.6 Å². The van der Waals surface area contributed by atoms with Gasteiger partial charge in [-0.15, -0.1) is 0 Å². The van der Waals surface area contributed by atoms with Crippen LogP contribution >= 0.6 is 0 Å². The average molecular weight is 661 g/mol. The van der Waals surface area contributed by atoms with Crippen molar-refractivity contribution in [2.24, 2.45) is 5.92 Å². The van der Waals surface area contributed by atoms with E-state index >= 15 is 0 Å². The van der Waals surface area contributed by atoms with Gasteiger partial charge in [-0.05, 0) is 74.4 Å². The number of fused-ring (bicyclic) bond motifs is 2. The summed E-state index contributed by atoms with van der Waals surface area (Å²) in [4.78, 5) is 63.3. The monoisotopic (exact) mass is 660 g/mol. The van der Waals surface area contributed by atoms with E-state index < -0.39 is 29.7 Å². The van der Waals surface area contributed by atoms with Crippen molar-refractivity contribution in [2.45, 2.75) is 56.5 Å². The highest BCUT2D eigenvalue weighted by Gasteiger charge is 2.44. The van der Waals surface area contributed by atoms with Gasteiger partial charge in [0, 0.05) is 55.1 Å². The van der Waals surface area contributed by atoms with Crippen molar-refractivity contribution in [1.29, 1.82) is 0 Å². The minimum absolute atomic E-state index is 0.0920. The molecule has 2 saturated heterocycles. The number of piperidine rings is 1. The molecule has 4 fully saturated rings. The molecule has 3 aliphatic heterocycles. The molecular weight excluding hydrogens is 624 g/mol. The lowest BCUT2D eigenvalue weighted by atomic mass is 9.80. The summed E-state index contributed by atoms with van der Waals surface area (Å²) in [7, 11) is 0. The zero-order valence-electron chi connectivity index (χ0n) is 26.9. The van der Waals surface area contributed by atoms with Crippen LogP contribution in [0.3, 0.4) is 0 Å². The van der Waals surface area contributed by atoms with Gasteiger partial charge in [-0.25, -0.2) is 4.98 Å². The van der Waals surface area contributed by atoms with Crippen molar-refractivity contribution in [2.75, 3.05) is 43.1 Å². The Kier molecular flexibility index (Phi) is 7.18. The average Bonchev–Trinajstić information content (AvgIpc) is 3.81. The molecule has 0 bridgehead atoms. The van der Waals surface area contributed by atoms with Gasteiger partial charge < -0.3 is 15.0 Å². The number of amides is 4. The van der Waals surface area contributed by atoms with Gasteiger partial charge in [0.1, 0.15) is 6.04 Å². The van der Waals surface area contributed by atoms with Crippen LogP contribution < -0.4 is 15.5 Å². The van der Waals surface area contributed by atoms with Crippen LogP contribution in [0.5, 0.6) is 0 Å². The van der Waals surface area contributed by atoms with E-state index in [1.807, 2.05) is 12.3 Å². The molecule has 13 nitrogen and oxygen atoms in total. The highest BCUT2D eigenvalue weighted by atomic mass is 16.5. The number of hydrogen-bond acceptors (Lipinski definition) is 10. The third-order valence-electron chi connectivity index (χ3n) is 10.5. The third-order valence-corrected chi connectivity index (χ3v) is 10.5. The summed E-state index contributed by atoms with van der Waals surface area (Å²) in [6.45, 7) is 3.92. The largest absolute Gasteiger partial charge is 0.385 e. The number of rotatable bonds is 8. The number of hydrogen-bond donors (Lipinski definition) is 2. The molecule has 2 saturated carbocycles. The summed E-state index contributed by atoms with van der Waals surface area (Å²) in [5.41, 5.74) is 7.24. The number of carbonyl (C=O) groups is 4. The summed E-state index contributed by atoms with van der Waals surface area (Å²) in [5, 5.41) is 10.8. The van der Waals surface area contributed by atoms with Crippen LogP contribution in [-0.2, 0) is 14.3 Å². The molecule has 4 aromatic rings. The molecular formula is C36H36N8O5. The number of ether oxygens (including phenoxy) is 1. The first kappa shape index (κ1) is 29.9. The first-order valence-corrected chi connectivity index (χ1v) is 17.2. The first-order chi connectivity index (χ1) is 23.9. The smallest absolute Gasteiger partial charge is 0.262 e. The Morgan fingerprint density at radius 1 is 0.898 bits per heavy atom. The van der Waals surface area contributed by atoms with Gasteiger partial charge in [0.2, 0.25) is 11.8 Å². The normalized spacial score (nSPS) is 23.9. The maximum Gasteiger partial charge on any atom is 0.262 e. The summed E-state index contributed by atoms with van der Waals surface area (Å²) >= 11 is 0. The fourth-order valence-corrected chi connectivity index (χ4v) is 7.52. The molecule has 5 aliphatic rings. The number of aromatic nitrogens is 4. The molecule has 250 valence electrons. The number of nitrogens with one attached hydrogen (secondary N) is 2. The molecule has 1 atom stereocenters. The van der Waals surface area contributed by atoms with Crippen molar-refractivity contribution in [3.63, 3.8) is 0 Å². The van der Waals surface area contributed by atoms with Crippen LogP contribution in [0.1, 0.15) is 76.9 Å². The number of carbonyl (C=O) groups excluding carboxylic acids is 4. The minimum Gasteiger partial charge on any atom is -0.385 e. The van der Waals surface area contributed by atoms with E-state index in [0.717, 1.165) is 103 Å². The number of imide groups is 2. The van der Waals surface area contributed by atoms with Crippen LogP contribution in [0.4, 0.5) is 11.4 Å². The molecule has 5 heterocycles. The first-order valence-electron chi connectivity index (χ1n) is 17.2. The molecule has 0 radical (unpaired) electrons. The fraction of sp³-hybridized carbons (Fsp3) is 0.417. The lowest BCUT2D eigenvalue weighted by molar-refractivity contribution is -0.136. The quantitative estimate of drug-likeness (QED) is 0.268. The molecule has 49 heavy (non-hydrogen) atoms. The Morgan fingerprint density at radius 3 is 2.51 bits per heavy atom. The Morgan fingerprint density at radius 2 is 1.71 bits per heavy atom. The summed E-state index contributed by atoms with van der Waals surface area (Å²) in [6.07, 6.45) is 8.47. The Balaban J connectivity index is 0.861. The molecule has 2 aromatic heterocycles. The fourth-order valence-electron chi connectivity index (χ4n) is 7.52. The summed E-state index contributed by atoms with van der Waals surface area (Å²) in [5.74, 6) is -1.12. The van der Waals surface area contributed by atoms with E-state index in [4.69, 9.17) is 19.8 Å². The lowest BCUT2D eigenvalue weighted by Crippen LogP contribution is -2.54. The van der Waals surface area contributed by atoms with E-state index in [1.54, 1.807) is 18.2 Å². The Bertz CT molecular complexity index is 2030. The molecule has 4 amide bonds. The molecule has 2 aromatic carbocycles. The second kappa shape index (κ2) is 11.8. The van der Waals surface area contributed by atoms with E-state index in [0.29, 0.717) is 17.9 Å². The highest BCUT2D eigenvalue weighted by Crippen LogP contribution is 2.45. The number of morpholine rings is 1. The van der Waals surface area contributed by atoms with Gasteiger partial charge in [0.15, 0.2) is 0 Å². The number of nitrogens with zero attached hydrogens (tertiary/aromatic N) is 6.